The van der Waals surface area contributed by atoms with Gasteiger partial charge in [0.25, 0.3) is 0 Å². The van der Waals surface area contributed by atoms with Crippen LogP contribution in [0.1, 0.15) is 55.9 Å². The van der Waals surface area contributed by atoms with E-state index in [2.05, 4.69) is 62.4 Å². The van der Waals surface area contributed by atoms with Crippen LogP contribution in [0, 0.1) is 5.92 Å². The van der Waals surface area contributed by atoms with Gasteiger partial charge in [0.05, 0.1) is 0 Å². The molecule has 0 radical (unpaired) electrons. The van der Waals surface area contributed by atoms with Gasteiger partial charge in [0.1, 0.15) is 0 Å². The van der Waals surface area contributed by atoms with E-state index in [1.165, 1.54) is 35.1 Å². The number of fused-ring (bicyclic) bond motifs is 2. The van der Waals surface area contributed by atoms with Gasteiger partial charge in [0.15, 0.2) is 0 Å². The maximum absolute atomic E-state index is 2.34. The molecule has 0 saturated carbocycles. The fourth-order valence-electron chi connectivity index (χ4n) is 3.29. The highest BCUT2D eigenvalue weighted by molar-refractivity contribution is 5.45. The molecule has 0 fully saturated rings. The molecule has 20 heavy (non-hydrogen) atoms. The van der Waals surface area contributed by atoms with Gasteiger partial charge in [-0.25, -0.2) is 0 Å². The van der Waals surface area contributed by atoms with Crippen LogP contribution in [0.15, 0.2) is 48.5 Å². The second-order valence-electron chi connectivity index (χ2n) is 5.62. The number of rotatable bonds is 1. The fourth-order valence-corrected chi connectivity index (χ4v) is 3.29. The van der Waals surface area contributed by atoms with Gasteiger partial charge in [-0.05, 0) is 41.0 Å². The Morgan fingerprint density at radius 2 is 1.15 bits per heavy atom. The Morgan fingerprint density at radius 1 is 0.750 bits per heavy atom. The first-order valence-electron chi connectivity index (χ1n) is 7.93. The van der Waals surface area contributed by atoms with E-state index >= 15 is 0 Å². The minimum absolute atomic E-state index is 0.555. The van der Waals surface area contributed by atoms with Gasteiger partial charge < -0.3 is 0 Å². The number of hydrogen-bond acceptors (Lipinski definition) is 0. The molecule has 0 amide bonds. The molecule has 0 aliphatic heterocycles. The highest BCUT2D eigenvalue weighted by atomic mass is 14.3. The van der Waals surface area contributed by atoms with Gasteiger partial charge in [-0.3, -0.25) is 0 Å². The van der Waals surface area contributed by atoms with Crippen LogP contribution in [0.25, 0.3) is 0 Å². The molecule has 0 atom stereocenters. The summed E-state index contributed by atoms with van der Waals surface area (Å²) in [5.41, 5.74) is 6.15. The van der Waals surface area contributed by atoms with Crippen LogP contribution in [0.5, 0.6) is 0 Å². The molecule has 0 heterocycles. The van der Waals surface area contributed by atoms with Crippen LogP contribution >= 0.6 is 0 Å². The summed E-state index contributed by atoms with van der Waals surface area (Å²) in [6, 6.07) is 18.0. The van der Waals surface area contributed by atoms with Crippen LogP contribution in [-0.4, -0.2) is 0 Å². The quantitative estimate of drug-likeness (QED) is 0.630. The van der Waals surface area contributed by atoms with E-state index in [1.54, 1.807) is 0 Å². The monoisotopic (exact) mass is 266 g/mol. The highest BCUT2D eigenvalue weighted by Crippen LogP contribution is 2.38. The lowest BCUT2D eigenvalue weighted by molar-refractivity contribution is 0.562. The Balaban J connectivity index is 0.000000704. The van der Waals surface area contributed by atoms with E-state index in [0.29, 0.717) is 11.8 Å². The second-order valence-corrected chi connectivity index (χ2v) is 5.62. The molecule has 0 nitrogen and oxygen atoms in total. The zero-order valence-electron chi connectivity index (χ0n) is 13.2. The summed E-state index contributed by atoms with van der Waals surface area (Å²) in [7, 11) is 0. The maximum atomic E-state index is 2.34. The maximum Gasteiger partial charge on any atom is 0.0118 e. The standard InChI is InChI=1S/C18H20.C2H6/c1-13(2)18-16-9-5-3-7-14(16)11-12-15-8-4-6-10-17(15)18;1-2/h3-10,13,18H,11-12H2,1-2H3;1-2H3. The fraction of sp³-hybridized carbons (Fsp3) is 0.400. The first kappa shape index (κ1) is 14.8. The lowest BCUT2D eigenvalue weighted by atomic mass is 9.80. The van der Waals surface area contributed by atoms with Gasteiger partial charge in [-0.2, -0.15) is 0 Å². The van der Waals surface area contributed by atoms with Crippen molar-refractivity contribution in [2.24, 2.45) is 5.92 Å². The molecular weight excluding hydrogens is 240 g/mol. The van der Waals surface area contributed by atoms with Crippen molar-refractivity contribution < 1.29 is 0 Å². The number of benzene rings is 2. The largest absolute Gasteiger partial charge is 0.0683 e. The molecule has 1 aliphatic carbocycles. The van der Waals surface area contributed by atoms with Crippen molar-refractivity contribution in [2.75, 3.05) is 0 Å². The van der Waals surface area contributed by atoms with Crippen LogP contribution in [0.2, 0.25) is 0 Å². The summed E-state index contributed by atoms with van der Waals surface area (Å²) in [6.07, 6.45) is 2.35. The summed E-state index contributed by atoms with van der Waals surface area (Å²) < 4.78 is 0. The lowest BCUT2D eigenvalue weighted by Gasteiger charge is -2.24. The van der Waals surface area contributed by atoms with Gasteiger partial charge in [-0.15, -0.1) is 0 Å². The minimum Gasteiger partial charge on any atom is -0.0683 e. The van der Waals surface area contributed by atoms with E-state index in [9.17, 15) is 0 Å². The predicted molar refractivity (Wildman–Crippen MR) is 88.3 cm³/mol. The Labute approximate surface area is 123 Å². The molecule has 106 valence electrons. The summed E-state index contributed by atoms with van der Waals surface area (Å²) in [6.45, 7) is 8.67. The molecule has 3 rings (SSSR count). The Hall–Kier alpha value is -1.56. The Kier molecular flexibility index (Phi) is 5.00. The molecule has 2 aromatic rings. The summed E-state index contributed by atoms with van der Waals surface area (Å²) >= 11 is 0. The van der Waals surface area contributed by atoms with Crippen LogP contribution in [-0.2, 0) is 12.8 Å². The molecule has 2 aromatic carbocycles. The van der Waals surface area contributed by atoms with Crippen molar-refractivity contribution in [1.82, 2.24) is 0 Å². The molecule has 0 heteroatoms. The molecule has 0 aromatic heterocycles. The smallest absolute Gasteiger partial charge is 0.0118 e. The molecule has 0 N–H and O–H groups in total. The average Bonchev–Trinajstić information content (AvgIpc) is 2.66. The van der Waals surface area contributed by atoms with E-state index in [-0.39, 0.29) is 0 Å². The van der Waals surface area contributed by atoms with Crippen LogP contribution in [0.4, 0.5) is 0 Å². The average molecular weight is 266 g/mol. The van der Waals surface area contributed by atoms with Gasteiger partial charge >= 0.3 is 0 Å². The van der Waals surface area contributed by atoms with Gasteiger partial charge in [0.2, 0.25) is 0 Å². The Bertz CT molecular complexity index is 504. The summed E-state index contributed by atoms with van der Waals surface area (Å²) in [5.74, 6) is 1.20. The SMILES string of the molecule is CC.CC(C)C1c2ccccc2CCc2ccccc21. The van der Waals surface area contributed by atoms with Crippen molar-refractivity contribution in [3.8, 4) is 0 Å². The zero-order valence-corrected chi connectivity index (χ0v) is 13.2. The lowest BCUT2D eigenvalue weighted by Crippen LogP contribution is -2.10. The van der Waals surface area contributed by atoms with E-state index in [0.717, 1.165) is 0 Å². The van der Waals surface area contributed by atoms with Crippen molar-refractivity contribution in [3.63, 3.8) is 0 Å². The molecular formula is C20H26. The third kappa shape index (κ3) is 2.80. The minimum atomic E-state index is 0.555. The van der Waals surface area contributed by atoms with Crippen molar-refractivity contribution in [2.45, 2.75) is 46.5 Å². The molecule has 0 spiro atoms. The third-order valence-corrected chi connectivity index (χ3v) is 4.11. The van der Waals surface area contributed by atoms with Crippen molar-refractivity contribution in [1.29, 1.82) is 0 Å². The molecule has 0 saturated heterocycles. The third-order valence-electron chi connectivity index (χ3n) is 4.11. The highest BCUT2D eigenvalue weighted by Gasteiger charge is 2.25. The topological polar surface area (TPSA) is 0 Å². The van der Waals surface area contributed by atoms with E-state index in [1.807, 2.05) is 13.8 Å². The van der Waals surface area contributed by atoms with E-state index in [4.69, 9.17) is 0 Å². The first-order valence-corrected chi connectivity index (χ1v) is 7.93. The van der Waals surface area contributed by atoms with Crippen molar-refractivity contribution >= 4 is 0 Å². The Morgan fingerprint density at radius 3 is 1.55 bits per heavy atom. The second kappa shape index (κ2) is 6.74. The molecule has 1 aliphatic rings. The number of aryl methyl sites for hydroxylation is 2. The predicted octanol–water partition coefficient (Wildman–Crippen LogP) is 5.60. The number of hydrogen-bond donors (Lipinski definition) is 0. The van der Waals surface area contributed by atoms with Gasteiger partial charge in [0, 0.05) is 5.92 Å². The van der Waals surface area contributed by atoms with Crippen molar-refractivity contribution in [3.05, 3.63) is 70.8 Å². The zero-order chi connectivity index (χ0) is 14.5. The first-order chi connectivity index (χ1) is 9.77. The van der Waals surface area contributed by atoms with Gasteiger partial charge in [-0.1, -0.05) is 76.2 Å². The molecule has 0 bridgehead atoms. The summed E-state index contributed by atoms with van der Waals surface area (Å²) in [4.78, 5) is 0. The van der Waals surface area contributed by atoms with Crippen LogP contribution < -0.4 is 0 Å². The summed E-state index contributed by atoms with van der Waals surface area (Å²) in [5, 5.41) is 0. The normalized spacial score (nSPS) is 13.8. The van der Waals surface area contributed by atoms with Crippen LogP contribution in [0.3, 0.4) is 0 Å². The van der Waals surface area contributed by atoms with E-state index < -0.39 is 0 Å². The molecule has 0 unspecified atom stereocenters.